The van der Waals surface area contributed by atoms with Crippen LogP contribution in [0.2, 0.25) is 0 Å². The zero-order chi connectivity index (χ0) is 14.6. The summed E-state index contributed by atoms with van der Waals surface area (Å²) in [6, 6.07) is 3.45. The predicted octanol–water partition coefficient (Wildman–Crippen LogP) is 5.14. The lowest BCUT2D eigenvalue weighted by Crippen LogP contribution is -2.07. The second kappa shape index (κ2) is 10.8. The average Bonchev–Trinajstić information content (AvgIpc) is 2.46. The van der Waals surface area contributed by atoms with Crippen LogP contribution in [-0.2, 0) is 4.74 Å². The molecule has 0 aliphatic heterocycles. The number of rotatable bonds is 10. The minimum atomic E-state index is -0.298. The highest BCUT2D eigenvalue weighted by Gasteiger charge is 2.11. The van der Waals surface area contributed by atoms with E-state index in [0.717, 1.165) is 12.8 Å². The van der Waals surface area contributed by atoms with Gasteiger partial charge in [-0.2, -0.15) is 0 Å². The standard InChI is InChI=1S/C16H24BrNO2/c1-2-3-4-5-6-7-8-9-13-20-16(19)14-11-10-12-18-15(14)17/h10-12H,2-9,13H2,1H3. The number of unbranched alkanes of at least 4 members (excludes halogenated alkanes) is 7. The molecule has 0 aromatic carbocycles. The second-order valence-electron chi connectivity index (χ2n) is 4.95. The van der Waals surface area contributed by atoms with Crippen molar-refractivity contribution in [3.63, 3.8) is 0 Å². The lowest BCUT2D eigenvalue weighted by molar-refractivity contribution is 0.0496. The Labute approximate surface area is 130 Å². The molecule has 3 nitrogen and oxygen atoms in total. The predicted molar refractivity (Wildman–Crippen MR) is 84.8 cm³/mol. The highest BCUT2D eigenvalue weighted by Crippen LogP contribution is 2.14. The van der Waals surface area contributed by atoms with E-state index >= 15 is 0 Å². The van der Waals surface area contributed by atoms with E-state index in [2.05, 4.69) is 27.8 Å². The summed E-state index contributed by atoms with van der Waals surface area (Å²) >= 11 is 3.25. The van der Waals surface area contributed by atoms with Crippen LogP contribution in [0, 0.1) is 0 Å². The molecule has 1 aromatic rings. The van der Waals surface area contributed by atoms with Gasteiger partial charge in [-0.3, -0.25) is 0 Å². The van der Waals surface area contributed by atoms with Gasteiger partial charge in [-0.05, 0) is 34.5 Å². The first-order chi connectivity index (χ1) is 9.75. The maximum Gasteiger partial charge on any atom is 0.340 e. The van der Waals surface area contributed by atoms with Gasteiger partial charge in [-0.15, -0.1) is 0 Å². The SMILES string of the molecule is CCCCCCCCCCOC(=O)c1cccnc1Br. The molecule has 0 spiro atoms. The van der Waals surface area contributed by atoms with Gasteiger partial charge < -0.3 is 4.74 Å². The maximum absolute atomic E-state index is 11.8. The normalized spacial score (nSPS) is 10.5. The van der Waals surface area contributed by atoms with Gasteiger partial charge in [0.15, 0.2) is 0 Å². The smallest absolute Gasteiger partial charge is 0.340 e. The molecule has 0 unspecified atom stereocenters. The summed E-state index contributed by atoms with van der Waals surface area (Å²) in [6.45, 7) is 2.73. The summed E-state index contributed by atoms with van der Waals surface area (Å²) in [5, 5.41) is 0. The molecule has 1 rings (SSSR count). The van der Waals surface area contributed by atoms with Gasteiger partial charge in [-0.25, -0.2) is 9.78 Å². The van der Waals surface area contributed by atoms with Crippen molar-refractivity contribution in [2.45, 2.75) is 58.3 Å². The van der Waals surface area contributed by atoms with Gasteiger partial charge >= 0.3 is 5.97 Å². The van der Waals surface area contributed by atoms with Crippen molar-refractivity contribution in [2.75, 3.05) is 6.61 Å². The van der Waals surface area contributed by atoms with Crippen LogP contribution in [0.15, 0.2) is 22.9 Å². The molecule has 0 saturated heterocycles. The second-order valence-corrected chi connectivity index (χ2v) is 5.70. The Bertz CT molecular complexity index is 396. The summed E-state index contributed by atoms with van der Waals surface area (Å²) in [7, 11) is 0. The van der Waals surface area contributed by atoms with Crippen LogP contribution in [0.5, 0.6) is 0 Å². The van der Waals surface area contributed by atoms with E-state index in [1.807, 2.05) is 0 Å². The number of hydrogen-bond donors (Lipinski definition) is 0. The molecule has 4 heteroatoms. The van der Waals surface area contributed by atoms with E-state index < -0.39 is 0 Å². The quantitative estimate of drug-likeness (QED) is 0.336. The first-order valence-electron chi connectivity index (χ1n) is 7.53. The number of esters is 1. The number of nitrogens with zero attached hydrogens (tertiary/aromatic N) is 1. The summed E-state index contributed by atoms with van der Waals surface area (Å²) in [5.41, 5.74) is 0.493. The molecule has 0 radical (unpaired) electrons. The number of hydrogen-bond acceptors (Lipinski definition) is 3. The zero-order valence-electron chi connectivity index (χ0n) is 12.2. The number of carbonyl (C=O) groups excluding carboxylic acids is 1. The van der Waals surface area contributed by atoms with Crippen LogP contribution < -0.4 is 0 Å². The van der Waals surface area contributed by atoms with E-state index in [1.54, 1.807) is 18.3 Å². The van der Waals surface area contributed by atoms with E-state index in [9.17, 15) is 4.79 Å². The van der Waals surface area contributed by atoms with Gasteiger partial charge in [0.25, 0.3) is 0 Å². The third-order valence-corrected chi connectivity index (χ3v) is 3.84. The molecule has 0 aliphatic carbocycles. The van der Waals surface area contributed by atoms with Crippen LogP contribution >= 0.6 is 15.9 Å². The number of aromatic nitrogens is 1. The molecular formula is C16H24BrNO2. The summed E-state index contributed by atoms with van der Waals surface area (Å²) in [6.07, 6.45) is 11.6. The van der Waals surface area contributed by atoms with Crippen LogP contribution in [0.4, 0.5) is 0 Å². The van der Waals surface area contributed by atoms with Crippen molar-refractivity contribution in [1.29, 1.82) is 0 Å². The van der Waals surface area contributed by atoms with E-state index in [4.69, 9.17) is 4.74 Å². The van der Waals surface area contributed by atoms with Crippen molar-refractivity contribution >= 4 is 21.9 Å². The third kappa shape index (κ3) is 7.04. The van der Waals surface area contributed by atoms with Crippen LogP contribution in [0.1, 0.15) is 68.6 Å². The van der Waals surface area contributed by atoms with E-state index in [-0.39, 0.29) is 5.97 Å². The van der Waals surface area contributed by atoms with Gasteiger partial charge in [0, 0.05) is 6.20 Å². The van der Waals surface area contributed by atoms with E-state index in [1.165, 1.54) is 38.5 Å². The Hall–Kier alpha value is -0.900. The number of halogens is 1. The van der Waals surface area contributed by atoms with Gasteiger partial charge in [0.05, 0.1) is 12.2 Å². The molecule has 0 atom stereocenters. The molecule has 0 fully saturated rings. The molecule has 0 amide bonds. The highest BCUT2D eigenvalue weighted by atomic mass is 79.9. The average molecular weight is 342 g/mol. The minimum Gasteiger partial charge on any atom is -0.462 e. The lowest BCUT2D eigenvalue weighted by Gasteiger charge is -2.05. The minimum absolute atomic E-state index is 0.298. The fourth-order valence-electron chi connectivity index (χ4n) is 2.02. The Morgan fingerprint density at radius 2 is 1.80 bits per heavy atom. The summed E-state index contributed by atoms with van der Waals surface area (Å²) < 4.78 is 5.79. The Balaban J connectivity index is 2.04. The molecule has 112 valence electrons. The van der Waals surface area contributed by atoms with Crippen molar-refractivity contribution < 1.29 is 9.53 Å². The number of ether oxygens (including phenoxy) is 1. The monoisotopic (exact) mass is 341 g/mol. The van der Waals surface area contributed by atoms with Crippen molar-refractivity contribution in [2.24, 2.45) is 0 Å². The lowest BCUT2D eigenvalue weighted by atomic mass is 10.1. The molecule has 0 bridgehead atoms. The summed E-state index contributed by atoms with van der Waals surface area (Å²) in [4.78, 5) is 15.8. The molecule has 0 aliphatic rings. The van der Waals surface area contributed by atoms with Gasteiger partial charge in [0.2, 0.25) is 0 Å². The van der Waals surface area contributed by atoms with Gasteiger partial charge in [0.1, 0.15) is 4.60 Å². The summed E-state index contributed by atoms with van der Waals surface area (Å²) in [5.74, 6) is -0.298. The number of pyridine rings is 1. The van der Waals surface area contributed by atoms with Crippen LogP contribution in [0.25, 0.3) is 0 Å². The topological polar surface area (TPSA) is 39.2 Å². The van der Waals surface area contributed by atoms with E-state index in [0.29, 0.717) is 16.8 Å². The Kier molecular flexibility index (Phi) is 9.29. The highest BCUT2D eigenvalue weighted by molar-refractivity contribution is 9.10. The van der Waals surface area contributed by atoms with Crippen LogP contribution in [0.3, 0.4) is 0 Å². The van der Waals surface area contributed by atoms with Crippen molar-refractivity contribution in [3.8, 4) is 0 Å². The Morgan fingerprint density at radius 1 is 1.15 bits per heavy atom. The molecule has 20 heavy (non-hydrogen) atoms. The number of carbonyl (C=O) groups is 1. The fourth-order valence-corrected chi connectivity index (χ4v) is 2.43. The van der Waals surface area contributed by atoms with Crippen molar-refractivity contribution in [1.82, 2.24) is 4.98 Å². The Morgan fingerprint density at radius 3 is 2.45 bits per heavy atom. The van der Waals surface area contributed by atoms with Crippen molar-refractivity contribution in [3.05, 3.63) is 28.5 Å². The first-order valence-corrected chi connectivity index (χ1v) is 8.32. The van der Waals surface area contributed by atoms with Crippen LogP contribution in [-0.4, -0.2) is 17.6 Å². The molecule has 0 N–H and O–H groups in total. The largest absolute Gasteiger partial charge is 0.462 e. The third-order valence-electron chi connectivity index (χ3n) is 3.21. The molecule has 1 heterocycles. The molecule has 0 saturated carbocycles. The first kappa shape index (κ1) is 17.2. The van der Waals surface area contributed by atoms with Gasteiger partial charge in [-0.1, -0.05) is 51.9 Å². The fraction of sp³-hybridized carbons (Fsp3) is 0.625. The zero-order valence-corrected chi connectivity index (χ0v) is 13.8. The molecule has 1 aromatic heterocycles. The molecular weight excluding hydrogens is 318 g/mol. The maximum atomic E-state index is 11.8.